The van der Waals surface area contributed by atoms with Gasteiger partial charge in [-0.1, -0.05) is 36.5 Å². The molecule has 1 saturated heterocycles. The van der Waals surface area contributed by atoms with Gasteiger partial charge in [0.25, 0.3) is 0 Å². The number of sulfone groups is 1. The molecular weight excluding hydrogens is 384 g/mol. The first-order chi connectivity index (χ1) is 13.0. The van der Waals surface area contributed by atoms with E-state index in [0.717, 1.165) is 15.3 Å². The van der Waals surface area contributed by atoms with Crippen LogP contribution >= 0.6 is 11.3 Å². The molecule has 0 saturated carbocycles. The molecular formula is C19H18N2O4S2. The molecule has 8 heteroatoms. The Morgan fingerprint density at radius 3 is 2.74 bits per heavy atom. The molecule has 0 aliphatic carbocycles. The van der Waals surface area contributed by atoms with Crippen LogP contribution in [0.1, 0.15) is 17.3 Å². The molecule has 27 heavy (non-hydrogen) atoms. The normalized spacial score (nSPS) is 14.9. The van der Waals surface area contributed by atoms with E-state index in [4.69, 9.17) is 4.74 Å². The minimum absolute atomic E-state index is 0.00868. The quantitative estimate of drug-likeness (QED) is 0.610. The second-order valence-corrected chi connectivity index (χ2v) is 9.62. The van der Waals surface area contributed by atoms with Crippen LogP contribution in [0.25, 0.3) is 10.2 Å². The number of nitrogens with zero attached hydrogens (tertiary/aromatic N) is 2. The average Bonchev–Trinajstić information content (AvgIpc) is 3.07. The monoisotopic (exact) mass is 402 g/mol. The Labute approximate surface area is 161 Å². The fraction of sp³-hybridized carbons (Fsp3) is 0.263. The summed E-state index contributed by atoms with van der Waals surface area (Å²) in [5, 5.41) is 0.916. The summed E-state index contributed by atoms with van der Waals surface area (Å²) in [6.45, 7) is 2.74. The highest BCUT2D eigenvalue weighted by molar-refractivity contribution is 7.91. The number of anilines is 1. The average molecular weight is 402 g/mol. The van der Waals surface area contributed by atoms with Crippen molar-refractivity contribution in [3.8, 4) is 0 Å². The Bertz CT molecular complexity index is 1070. The lowest BCUT2D eigenvalue weighted by Gasteiger charge is -2.38. The molecule has 140 valence electrons. The van der Waals surface area contributed by atoms with Crippen molar-refractivity contribution in [1.82, 2.24) is 4.98 Å². The second-order valence-electron chi connectivity index (χ2n) is 6.33. The lowest BCUT2D eigenvalue weighted by molar-refractivity contribution is 0.0234. The number of carbonyl (C=O) groups excluding carboxylic acids is 1. The molecule has 0 atom stereocenters. The van der Waals surface area contributed by atoms with Gasteiger partial charge in [-0.2, -0.15) is 0 Å². The first-order valence-corrected chi connectivity index (χ1v) is 11.1. The zero-order valence-electron chi connectivity index (χ0n) is 14.7. The molecule has 1 aliphatic heterocycles. The van der Waals surface area contributed by atoms with Gasteiger partial charge in [0.05, 0.1) is 39.5 Å². The Kier molecular flexibility index (Phi) is 4.61. The van der Waals surface area contributed by atoms with Crippen molar-refractivity contribution in [2.75, 3.05) is 23.7 Å². The Balaban J connectivity index is 1.40. The standard InChI is InChI=1S/C19H18N2O4S2/c1-2-27(23,24)15-7-5-6-13(10-15)18(22)25-14-11-21(12-14)19-20-16-8-3-4-9-17(16)26-19/h3-10,14H,2,11-12H2,1H3. The summed E-state index contributed by atoms with van der Waals surface area (Å²) in [6, 6.07) is 14.0. The van der Waals surface area contributed by atoms with Crippen molar-refractivity contribution < 1.29 is 17.9 Å². The molecule has 0 bridgehead atoms. The largest absolute Gasteiger partial charge is 0.455 e. The van der Waals surface area contributed by atoms with Gasteiger partial charge in [0.2, 0.25) is 0 Å². The van der Waals surface area contributed by atoms with Crippen molar-refractivity contribution in [2.24, 2.45) is 0 Å². The van der Waals surface area contributed by atoms with Crippen LogP contribution in [0.5, 0.6) is 0 Å². The molecule has 0 N–H and O–H groups in total. The van der Waals surface area contributed by atoms with Crippen molar-refractivity contribution in [3.63, 3.8) is 0 Å². The number of rotatable bonds is 5. The third-order valence-corrected chi connectivity index (χ3v) is 7.31. The third-order valence-electron chi connectivity index (χ3n) is 4.48. The first-order valence-electron chi connectivity index (χ1n) is 8.60. The molecule has 0 radical (unpaired) electrons. The molecule has 2 heterocycles. The number of benzene rings is 2. The van der Waals surface area contributed by atoms with Crippen molar-refractivity contribution >= 4 is 42.5 Å². The highest BCUT2D eigenvalue weighted by Gasteiger charge is 2.32. The molecule has 1 aliphatic rings. The van der Waals surface area contributed by atoms with Gasteiger partial charge in [0.15, 0.2) is 15.0 Å². The van der Waals surface area contributed by atoms with Crippen molar-refractivity contribution in [3.05, 3.63) is 54.1 Å². The number of ether oxygens (including phenoxy) is 1. The molecule has 1 aromatic heterocycles. The maximum absolute atomic E-state index is 12.4. The Hall–Kier alpha value is -2.45. The predicted octanol–water partition coefficient (Wildman–Crippen LogP) is 3.14. The van der Waals surface area contributed by atoms with E-state index in [1.54, 1.807) is 30.4 Å². The maximum Gasteiger partial charge on any atom is 0.338 e. The highest BCUT2D eigenvalue weighted by Crippen LogP contribution is 2.32. The smallest absolute Gasteiger partial charge is 0.338 e. The van der Waals surface area contributed by atoms with E-state index >= 15 is 0 Å². The van der Waals surface area contributed by atoms with Gasteiger partial charge >= 0.3 is 5.97 Å². The fourth-order valence-electron chi connectivity index (χ4n) is 2.87. The van der Waals surface area contributed by atoms with E-state index in [-0.39, 0.29) is 22.3 Å². The predicted molar refractivity (Wildman–Crippen MR) is 105 cm³/mol. The highest BCUT2D eigenvalue weighted by atomic mass is 32.2. The lowest BCUT2D eigenvalue weighted by Crippen LogP contribution is -2.53. The number of esters is 1. The molecule has 2 aromatic carbocycles. The summed E-state index contributed by atoms with van der Waals surface area (Å²) in [5.74, 6) is -0.511. The topological polar surface area (TPSA) is 76.6 Å². The van der Waals surface area contributed by atoms with Gasteiger partial charge in [0.1, 0.15) is 6.10 Å². The Morgan fingerprint density at radius 2 is 2.00 bits per heavy atom. The summed E-state index contributed by atoms with van der Waals surface area (Å²) in [6.07, 6.45) is -0.226. The van der Waals surface area contributed by atoms with Crippen LogP contribution in [-0.2, 0) is 14.6 Å². The summed E-state index contributed by atoms with van der Waals surface area (Å²) >= 11 is 1.61. The molecule has 3 aromatic rings. The van der Waals surface area contributed by atoms with Crippen LogP contribution in [0.15, 0.2) is 53.4 Å². The molecule has 1 fully saturated rings. The fourth-order valence-corrected chi connectivity index (χ4v) is 4.78. The van der Waals surface area contributed by atoms with Gasteiger partial charge in [-0.05, 0) is 30.3 Å². The SMILES string of the molecule is CCS(=O)(=O)c1cccc(C(=O)OC2CN(c3nc4ccccc4s3)C2)c1. The second kappa shape index (κ2) is 6.94. The van der Waals surface area contributed by atoms with Crippen LogP contribution in [0.3, 0.4) is 0 Å². The van der Waals surface area contributed by atoms with E-state index in [0.29, 0.717) is 13.1 Å². The summed E-state index contributed by atoms with van der Waals surface area (Å²) in [5.41, 5.74) is 1.22. The summed E-state index contributed by atoms with van der Waals surface area (Å²) in [4.78, 5) is 19.2. The number of hydrogen-bond acceptors (Lipinski definition) is 7. The number of aromatic nitrogens is 1. The van der Waals surface area contributed by atoms with Gasteiger partial charge < -0.3 is 9.64 Å². The number of para-hydroxylation sites is 1. The van der Waals surface area contributed by atoms with Crippen LogP contribution in [-0.4, -0.2) is 44.3 Å². The van der Waals surface area contributed by atoms with Crippen LogP contribution in [0, 0.1) is 0 Å². The lowest BCUT2D eigenvalue weighted by atomic mass is 10.2. The number of thiazole rings is 1. The maximum atomic E-state index is 12.4. The minimum Gasteiger partial charge on any atom is -0.455 e. The van der Waals surface area contributed by atoms with Crippen LogP contribution in [0.4, 0.5) is 5.13 Å². The zero-order valence-corrected chi connectivity index (χ0v) is 16.3. The number of carbonyl (C=O) groups is 1. The van der Waals surface area contributed by atoms with Crippen molar-refractivity contribution in [2.45, 2.75) is 17.9 Å². The van der Waals surface area contributed by atoms with Crippen molar-refractivity contribution in [1.29, 1.82) is 0 Å². The van der Waals surface area contributed by atoms with E-state index in [9.17, 15) is 13.2 Å². The van der Waals surface area contributed by atoms with Gasteiger partial charge in [-0.3, -0.25) is 0 Å². The van der Waals surface area contributed by atoms with Gasteiger partial charge in [-0.25, -0.2) is 18.2 Å². The molecule has 0 spiro atoms. The van der Waals surface area contributed by atoms with Crippen LogP contribution in [0.2, 0.25) is 0 Å². The van der Waals surface area contributed by atoms with E-state index < -0.39 is 15.8 Å². The Morgan fingerprint density at radius 1 is 1.22 bits per heavy atom. The van der Waals surface area contributed by atoms with Gasteiger partial charge in [-0.15, -0.1) is 0 Å². The molecule has 0 unspecified atom stereocenters. The summed E-state index contributed by atoms with van der Waals surface area (Å²) in [7, 11) is -3.35. The number of fused-ring (bicyclic) bond motifs is 1. The third kappa shape index (κ3) is 3.54. The number of hydrogen-bond donors (Lipinski definition) is 0. The zero-order chi connectivity index (χ0) is 19.0. The van der Waals surface area contributed by atoms with E-state index in [1.165, 1.54) is 12.1 Å². The molecule has 0 amide bonds. The summed E-state index contributed by atoms with van der Waals surface area (Å²) < 4.78 is 30.6. The first kappa shape index (κ1) is 17.9. The van der Waals surface area contributed by atoms with Gasteiger partial charge in [0, 0.05) is 0 Å². The molecule has 6 nitrogen and oxygen atoms in total. The minimum atomic E-state index is -3.35. The van der Waals surface area contributed by atoms with Crippen LogP contribution < -0.4 is 4.90 Å². The molecule has 4 rings (SSSR count). The van der Waals surface area contributed by atoms with E-state index in [2.05, 4.69) is 9.88 Å². The van der Waals surface area contributed by atoms with E-state index in [1.807, 2.05) is 24.3 Å².